The zero-order chi connectivity index (χ0) is 5.54. The number of rotatable bonds is 3. The predicted molar refractivity (Wildman–Crippen MR) is 36.3 cm³/mol. The molecule has 0 heterocycles. The lowest BCUT2D eigenvalue weighted by Gasteiger charge is -1.83. The van der Waals surface area contributed by atoms with Crippen LogP contribution in [0.2, 0.25) is 0 Å². The molecule has 0 bridgehead atoms. The molecule has 0 fully saturated rings. The summed E-state index contributed by atoms with van der Waals surface area (Å²) in [6.07, 6.45) is 1.62. The lowest BCUT2D eigenvalue weighted by Crippen LogP contribution is -1.71. The zero-order valence-corrected chi connectivity index (χ0v) is 5.63. The van der Waals surface area contributed by atoms with Gasteiger partial charge in [0.05, 0.1) is 6.07 Å². The number of hydrogen-bond donors (Lipinski definition) is 1. The summed E-state index contributed by atoms with van der Waals surface area (Å²) in [5, 5.41) is 8.01. The number of nitriles is 1. The smallest absolute Gasteiger partial charge is 0.0622 e. The summed E-state index contributed by atoms with van der Waals surface area (Å²) >= 11 is 3.90. The van der Waals surface area contributed by atoms with Crippen molar-refractivity contribution in [3.05, 3.63) is 0 Å². The lowest BCUT2D eigenvalue weighted by molar-refractivity contribution is 0.985. The van der Waals surface area contributed by atoms with Gasteiger partial charge in [0.25, 0.3) is 0 Å². The summed E-state index contributed by atoms with van der Waals surface area (Å²) in [6.45, 7) is 0. The van der Waals surface area contributed by atoms with Crippen molar-refractivity contribution in [2.24, 2.45) is 0 Å². The van der Waals surface area contributed by atoms with Gasteiger partial charge in [-0.25, -0.2) is 0 Å². The Morgan fingerprint density at radius 3 is 2.86 bits per heavy atom. The molecule has 0 saturated carbocycles. The molecule has 0 rings (SSSR count). The molecule has 0 aliphatic rings. The largest absolute Gasteiger partial charge is 0.198 e. The highest BCUT2D eigenvalue weighted by Gasteiger charge is 1.80. The van der Waals surface area contributed by atoms with E-state index in [-0.39, 0.29) is 0 Å². The van der Waals surface area contributed by atoms with Crippen LogP contribution < -0.4 is 0 Å². The fourth-order valence-corrected chi connectivity index (χ4v) is 0.877. The summed E-state index contributed by atoms with van der Waals surface area (Å²) in [7, 11) is 1.48. The fraction of sp³-hybridized carbons (Fsp3) is 0.750. The normalized spacial score (nSPS) is 8.00. The van der Waals surface area contributed by atoms with Crippen LogP contribution in [0, 0.1) is 11.3 Å². The third kappa shape index (κ3) is 6.19. The van der Waals surface area contributed by atoms with E-state index in [1.54, 1.807) is 0 Å². The van der Waals surface area contributed by atoms with E-state index in [1.165, 1.54) is 10.8 Å². The Balaban J connectivity index is 2.60. The summed E-state index contributed by atoms with van der Waals surface area (Å²) in [5.41, 5.74) is 0. The molecule has 0 aromatic rings. The second kappa shape index (κ2) is 6.19. The number of nitrogens with zero attached hydrogens (tertiary/aromatic N) is 1. The molecule has 0 amide bonds. The third-order valence-corrected chi connectivity index (χ3v) is 1.54. The maximum atomic E-state index is 8.01. The molecule has 0 N–H and O–H groups in total. The zero-order valence-electron chi connectivity index (χ0n) is 3.92. The third-order valence-electron chi connectivity index (χ3n) is 0.524. The monoisotopic (exact) mass is 133 g/mol. The number of unbranched alkanes of at least 4 members (excludes halogenated alkanes) is 1. The minimum Gasteiger partial charge on any atom is -0.198 e. The maximum absolute atomic E-state index is 8.01. The van der Waals surface area contributed by atoms with Crippen LogP contribution in [-0.2, 0) is 0 Å². The maximum Gasteiger partial charge on any atom is 0.0622 e. The van der Waals surface area contributed by atoms with Crippen molar-refractivity contribution in [1.82, 2.24) is 0 Å². The highest BCUT2D eigenvalue weighted by Crippen LogP contribution is 2.06. The van der Waals surface area contributed by atoms with Crippen molar-refractivity contribution in [3.63, 3.8) is 0 Å². The van der Waals surface area contributed by atoms with E-state index in [4.69, 9.17) is 5.26 Å². The Kier molecular flexibility index (Phi) is 6.36. The molecular weight excluding hydrogens is 126 g/mol. The lowest BCUT2D eigenvalue weighted by atomic mass is 10.4. The van der Waals surface area contributed by atoms with E-state index in [9.17, 15) is 0 Å². The number of hydrogen-bond acceptors (Lipinski definition) is 3. The highest BCUT2D eigenvalue weighted by atomic mass is 33.1. The SMILES string of the molecule is N#CCCCSS. The summed E-state index contributed by atoms with van der Waals surface area (Å²) in [6, 6.07) is 2.06. The van der Waals surface area contributed by atoms with Gasteiger partial charge in [0.15, 0.2) is 0 Å². The second-order valence-corrected chi connectivity index (χ2v) is 2.54. The Labute approximate surface area is 52.9 Å². The molecule has 0 aromatic carbocycles. The minimum absolute atomic E-state index is 0.660. The van der Waals surface area contributed by atoms with Crippen LogP contribution in [0.1, 0.15) is 12.8 Å². The first kappa shape index (κ1) is 7.19. The molecule has 0 aromatic heterocycles. The molecule has 0 atom stereocenters. The van der Waals surface area contributed by atoms with Gasteiger partial charge in [-0.2, -0.15) is 5.26 Å². The van der Waals surface area contributed by atoms with Crippen LogP contribution in [0.15, 0.2) is 0 Å². The van der Waals surface area contributed by atoms with E-state index >= 15 is 0 Å². The average Bonchev–Trinajstić information content (AvgIpc) is 1.69. The topological polar surface area (TPSA) is 23.8 Å². The van der Waals surface area contributed by atoms with Crippen LogP contribution in [-0.4, -0.2) is 5.75 Å². The minimum atomic E-state index is 0.660. The molecular formula is C4H7NS2. The van der Waals surface area contributed by atoms with Gasteiger partial charge in [-0.05, 0) is 6.42 Å². The van der Waals surface area contributed by atoms with Crippen molar-refractivity contribution in [2.45, 2.75) is 12.8 Å². The molecule has 0 saturated heterocycles. The number of thiol groups is 1. The Hall–Kier alpha value is 0.190. The molecule has 1 nitrogen and oxygen atoms in total. The molecule has 40 valence electrons. The van der Waals surface area contributed by atoms with Crippen molar-refractivity contribution in [3.8, 4) is 6.07 Å². The van der Waals surface area contributed by atoms with Gasteiger partial charge >= 0.3 is 0 Å². The van der Waals surface area contributed by atoms with Gasteiger partial charge in [0.2, 0.25) is 0 Å². The van der Waals surface area contributed by atoms with Gasteiger partial charge < -0.3 is 0 Å². The first-order valence-electron chi connectivity index (χ1n) is 2.05. The van der Waals surface area contributed by atoms with Crippen LogP contribution >= 0.6 is 22.5 Å². The van der Waals surface area contributed by atoms with Crippen molar-refractivity contribution >= 4 is 22.5 Å². The molecule has 7 heavy (non-hydrogen) atoms. The van der Waals surface area contributed by atoms with Crippen LogP contribution in [0.3, 0.4) is 0 Å². The van der Waals surface area contributed by atoms with E-state index in [0.29, 0.717) is 6.42 Å². The molecule has 0 aliphatic heterocycles. The first-order valence-corrected chi connectivity index (χ1v) is 4.09. The highest BCUT2D eigenvalue weighted by molar-refractivity contribution is 8.68. The molecule has 0 unspecified atom stereocenters. The Bertz CT molecular complexity index is 66.6. The molecule has 0 aliphatic carbocycles. The first-order chi connectivity index (χ1) is 3.41. The van der Waals surface area contributed by atoms with E-state index in [2.05, 4.69) is 17.7 Å². The predicted octanol–water partition coefficient (Wildman–Crippen LogP) is 1.87. The van der Waals surface area contributed by atoms with E-state index in [0.717, 1.165) is 12.2 Å². The van der Waals surface area contributed by atoms with Gasteiger partial charge in [0.1, 0.15) is 0 Å². The summed E-state index contributed by atoms with van der Waals surface area (Å²) in [4.78, 5) is 0. The standard InChI is InChI=1S/C4H7NS2/c5-3-1-2-4-7-6/h6H,1-2,4H2. The summed E-state index contributed by atoms with van der Waals surface area (Å²) in [5.74, 6) is 0.983. The van der Waals surface area contributed by atoms with Gasteiger partial charge in [-0.1, -0.05) is 10.8 Å². The Morgan fingerprint density at radius 2 is 2.43 bits per heavy atom. The summed E-state index contributed by atoms with van der Waals surface area (Å²) < 4.78 is 0. The van der Waals surface area contributed by atoms with Gasteiger partial charge in [0, 0.05) is 12.2 Å². The van der Waals surface area contributed by atoms with Crippen molar-refractivity contribution < 1.29 is 0 Å². The Morgan fingerprint density at radius 1 is 1.71 bits per heavy atom. The molecule has 0 spiro atoms. The average molecular weight is 133 g/mol. The van der Waals surface area contributed by atoms with E-state index < -0.39 is 0 Å². The fourth-order valence-electron chi connectivity index (χ4n) is 0.216. The van der Waals surface area contributed by atoms with Crippen LogP contribution in [0.25, 0.3) is 0 Å². The van der Waals surface area contributed by atoms with Gasteiger partial charge in [-0.15, -0.1) is 11.7 Å². The van der Waals surface area contributed by atoms with Crippen molar-refractivity contribution in [1.29, 1.82) is 5.26 Å². The van der Waals surface area contributed by atoms with Gasteiger partial charge in [-0.3, -0.25) is 0 Å². The van der Waals surface area contributed by atoms with E-state index in [1.807, 2.05) is 0 Å². The second-order valence-electron chi connectivity index (χ2n) is 1.09. The quantitative estimate of drug-likeness (QED) is 0.361. The van der Waals surface area contributed by atoms with Crippen LogP contribution in [0.5, 0.6) is 0 Å². The molecule has 3 heteroatoms. The van der Waals surface area contributed by atoms with Crippen molar-refractivity contribution in [2.75, 3.05) is 5.75 Å². The molecule has 0 radical (unpaired) electrons. The van der Waals surface area contributed by atoms with Crippen LogP contribution in [0.4, 0.5) is 0 Å².